The third-order valence-electron chi connectivity index (χ3n) is 4.53. The molecule has 1 fully saturated rings. The van der Waals surface area contributed by atoms with Crippen LogP contribution in [0.15, 0.2) is 18.2 Å². The molecule has 1 saturated heterocycles. The molecule has 144 valence electrons. The highest BCUT2D eigenvalue weighted by molar-refractivity contribution is 6.05. The first-order chi connectivity index (χ1) is 12.7. The van der Waals surface area contributed by atoms with Gasteiger partial charge >= 0.3 is 5.97 Å². The first-order valence-corrected chi connectivity index (χ1v) is 8.77. The first-order valence-electron chi connectivity index (χ1n) is 8.77. The van der Waals surface area contributed by atoms with Crippen LogP contribution in [-0.2, 0) is 25.7 Å². The van der Waals surface area contributed by atoms with Crippen molar-refractivity contribution in [2.45, 2.75) is 51.8 Å². The van der Waals surface area contributed by atoms with Gasteiger partial charge in [0.15, 0.2) is 0 Å². The van der Waals surface area contributed by atoms with Gasteiger partial charge in [0.05, 0.1) is 6.54 Å². The lowest BCUT2D eigenvalue weighted by Crippen LogP contribution is -2.52. The van der Waals surface area contributed by atoms with Crippen molar-refractivity contribution in [2.24, 2.45) is 0 Å². The molecule has 1 aromatic rings. The predicted octanol–water partition coefficient (Wildman–Crippen LogP) is 1.17. The summed E-state index contributed by atoms with van der Waals surface area (Å²) in [6.07, 6.45) is 0.510. The number of esters is 1. The van der Waals surface area contributed by atoms with Crippen LogP contribution in [0, 0.1) is 0 Å². The minimum absolute atomic E-state index is 0.121. The fourth-order valence-corrected chi connectivity index (χ4v) is 3.36. The highest BCUT2D eigenvalue weighted by Crippen LogP contribution is 2.34. The van der Waals surface area contributed by atoms with Crippen LogP contribution in [0.1, 0.15) is 49.5 Å². The lowest BCUT2D eigenvalue weighted by Gasteiger charge is -2.29. The molecule has 2 aliphatic heterocycles. The second kappa shape index (κ2) is 7.02. The fraction of sp³-hybridized carbons (Fsp3) is 0.474. The Balaban J connectivity index is 1.77. The summed E-state index contributed by atoms with van der Waals surface area (Å²) in [4.78, 5) is 48.9. The second-order valence-electron chi connectivity index (χ2n) is 7.32. The number of nitrogens with zero attached hydrogens (tertiary/aromatic N) is 1. The van der Waals surface area contributed by atoms with E-state index in [2.05, 4.69) is 5.32 Å². The van der Waals surface area contributed by atoms with Crippen molar-refractivity contribution in [3.63, 3.8) is 0 Å². The summed E-state index contributed by atoms with van der Waals surface area (Å²) in [5.41, 5.74) is 0.342. The normalized spacial score (nSPS) is 19.6. The van der Waals surface area contributed by atoms with Crippen molar-refractivity contribution in [2.75, 3.05) is 6.61 Å². The molecule has 0 bridgehead atoms. The third kappa shape index (κ3) is 3.94. The number of hydrogen-bond acceptors (Lipinski definition) is 6. The van der Waals surface area contributed by atoms with Crippen LogP contribution in [-0.4, -0.2) is 46.8 Å². The number of carbonyl (C=O) groups is 4. The van der Waals surface area contributed by atoms with Crippen LogP contribution in [0.2, 0.25) is 0 Å². The molecule has 1 aromatic carbocycles. The van der Waals surface area contributed by atoms with Gasteiger partial charge in [0, 0.05) is 24.5 Å². The van der Waals surface area contributed by atoms with Crippen molar-refractivity contribution in [1.29, 1.82) is 0 Å². The van der Waals surface area contributed by atoms with Crippen LogP contribution in [0.4, 0.5) is 0 Å². The zero-order chi connectivity index (χ0) is 19.8. The minimum Gasteiger partial charge on any atom is -0.489 e. The Kier molecular flexibility index (Phi) is 4.91. The Morgan fingerprint density at radius 1 is 1.30 bits per heavy atom. The van der Waals surface area contributed by atoms with E-state index in [4.69, 9.17) is 9.47 Å². The van der Waals surface area contributed by atoms with Gasteiger partial charge in [0.25, 0.3) is 5.91 Å². The molecule has 3 rings (SSSR count). The molecule has 0 spiro atoms. The lowest BCUT2D eigenvalue weighted by molar-refractivity contribution is -0.156. The SMILES string of the molecule is CC(=O)OC(C)(C)COc1cccc2c1CN(C1CCC(=O)NC1=O)C2=O. The maximum Gasteiger partial charge on any atom is 0.303 e. The van der Waals surface area contributed by atoms with E-state index in [1.807, 2.05) is 0 Å². The molecule has 1 atom stereocenters. The smallest absolute Gasteiger partial charge is 0.303 e. The Hall–Kier alpha value is -2.90. The van der Waals surface area contributed by atoms with E-state index < -0.39 is 23.5 Å². The molecule has 0 radical (unpaired) electrons. The highest BCUT2D eigenvalue weighted by Gasteiger charge is 2.40. The van der Waals surface area contributed by atoms with Crippen LogP contribution in [0.25, 0.3) is 0 Å². The summed E-state index contributed by atoms with van der Waals surface area (Å²) in [7, 11) is 0. The van der Waals surface area contributed by atoms with E-state index in [0.717, 1.165) is 0 Å². The molecule has 8 heteroatoms. The molecule has 0 aliphatic carbocycles. The number of hydrogen-bond donors (Lipinski definition) is 1. The Bertz CT molecular complexity index is 816. The Labute approximate surface area is 156 Å². The van der Waals surface area contributed by atoms with Crippen LogP contribution >= 0.6 is 0 Å². The molecule has 2 heterocycles. The quantitative estimate of drug-likeness (QED) is 0.613. The number of nitrogens with one attached hydrogen (secondary N) is 1. The van der Waals surface area contributed by atoms with Crippen LogP contribution in [0.5, 0.6) is 5.75 Å². The zero-order valence-electron chi connectivity index (χ0n) is 15.5. The molecule has 1 N–H and O–H groups in total. The van der Waals surface area contributed by atoms with Crippen molar-refractivity contribution in [3.05, 3.63) is 29.3 Å². The van der Waals surface area contributed by atoms with Gasteiger partial charge in [-0.3, -0.25) is 24.5 Å². The number of piperidine rings is 1. The van der Waals surface area contributed by atoms with E-state index >= 15 is 0 Å². The standard InChI is InChI=1S/C19H22N2O6/c1-11(22)27-19(2,3)10-26-15-6-4-5-12-13(15)9-21(18(12)25)14-7-8-16(23)20-17(14)24/h4-6,14H,7-10H2,1-3H3,(H,20,23,24). The van der Waals surface area contributed by atoms with E-state index in [1.165, 1.54) is 11.8 Å². The molecular weight excluding hydrogens is 352 g/mol. The molecular formula is C19H22N2O6. The van der Waals surface area contributed by atoms with Gasteiger partial charge in [-0.2, -0.15) is 0 Å². The summed E-state index contributed by atoms with van der Waals surface area (Å²) in [6.45, 7) is 5.15. The van der Waals surface area contributed by atoms with Crippen LogP contribution < -0.4 is 10.1 Å². The number of benzene rings is 1. The molecule has 3 amide bonds. The average molecular weight is 374 g/mol. The number of carbonyl (C=O) groups excluding carboxylic acids is 4. The summed E-state index contributed by atoms with van der Waals surface area (Å²) in [6, 6.07) is 4.46. The highest BCUT2D eigenvalue weighted by atomic mass is 16.6. The van der Waals surface area contributed by atoms with E-state index in [1.54, 1.807) is 32.0 Å². The fourth-order valence-electron chi connectivity index (χ4n) is 3.36. The van der Waals surface area contributed by atoms with Crippen molar-refractivity contribution in [1.82, 2.24) is 10.2 Å². The van der Waals surface area contributed by atoms with Gasteiger partial charge in [-0.25, -0.2) is 0 Å². The average Bonchev–Trinajstić information content (AvgIpc) is 2.89. The lowest BCUT2D eigenvalue weighted by atomic mass is 10.0. The maximum atomic E-state index is 12.8. The largest absolute Gasteiger partial charge is 0.489 e. The van der Waals surface area contributed by atoms with Crippen molar-refractivity contribution < 1.29 is 28.7 Å². The zero-order valence-corrected chi connectivity index (χ0v) is 15.5. The number of ether oxygens (including phenoxy) is 2. The molecule has 27 heavy (non-hydrogen) atoms. The number of fused-ring (bicyclic) bond motifs is 1. The minimum atomic E-state index is -0.819. The molecule has 8 nitrogen and oxygen atoms in total. The second-order valence-corrected chi connectivity index (χ2v) is 7.32. The van der Waals surface area contributed by atoms with E-state index in [9.17, 15) is 19.2 Å². The van der Waals surface area contributed by atoms with Gasteiger partial charge in [0.1, 0.15) is 24.0 Å². The number of imide groups is 1. The summed E-state index contributed by atoms with van der Waals surface area (Å²) in [5, 5.41) is 2.28. The number of rotatable bonds is 5. The first kappa shape index (κ1) is 18.9. The molecule has 0 aromatic heterocycles. The van der Waals surface area contributed by atoms with Gasteiger partial charge < -0.3 is 14.4 Å². The Morgan fingerprint density at radius 3 is 2.70 bits per heavy atom. The number of amides is 3. The topological polar surface area (TPSA) is 102 Å². The van der Waals surface area contributed by atoms with Crippen LogP contribution in [0.3, 0.4) is 0 Å². The molecule has 0 saturated carbocycles. The predicted molar refractivity (Wildman–Crippen MR) is 93.8 cm³/mol. The van der Waals surface area contributed by atoms with Gasteiger partial charge in [0.2, 0.25) is 11.8 Å². The maximum absolute atomic E-state index is 12.8. The van der Waals surface area contributed by atoms with Gasteiger partial charge in [-0.15, -0.1) is 0 Å². The Morgan fingerprint density at radius 2 is 2.04 bits per heavy atom. The van der Waals surface area contributed by atoms with E-state index in [0.29, 0.717) is 23.3 Å². The third-order valence-corrected chi connectivity index (χ3v) is 4.53. The summed E-state index contributed by atoms with van der Waals surface area (Å²) in [5.74, 6) is -0.927. The van der Waals surface area contributed by atoms with E-state index in [-0.39, 0.29) is 31.4 Å². The molecule has 2 aliphatic rings. The van der Waals surface area contributed by atoms with Gasteiger partial charge in [-0.05, 0) is 32.4 Å². The summed E-state index contributed by atoms with van der Waals surface area (Å²) >= 11 is 0. The summed E-state index contributed by atoms with van der Waals surface area (Å²) < 4.78 is 11.0. The molecule has 1 unspecified atom stereocenters. The monoisotopic (exact) mass is 374 g/mol. The van der Waals surface area contributed by atoms with Gasteiger partial charge in [-0.1, -0.05) is 6.07 Å². The van der Waals surface area contributed by atoms with Crippen molar-refractivity contribution >= 4 is 23.7 Å². The van der Waals surface area contributed by atoms with Crippen molar-refractivity contribution in [3.8, 4) is 5.75 Å².